The van der Waals surface area contributed by atoms with E-state index < -0.39 is 5.97 Å². The summed E-state index contributed by atoms with van der Waals surface area (Å²) in [6, 6.07) is 7.26. The van der Waals surface area contributed by atoms with Crippen molar-refractivity contribution in [3.8, 4) is 0 Å². The third-order valence-electron chi connectivity index (χ3n) is 3.73. The van der Waals surface area contributed by atoms with Crippen molar-refractivity contribution in [3.63, 3.8) is 0 Å². The molecular formula is C15H21NO2S. The van der Waals surface area contributed by atoms with E-state index in [-0.39, 0.29) is 0 Å². The molecule has 1 aromatic carbocycles. The van der Waals surface area contributed by atoms with Crippen molar-refractivity contribution >= 4 is 17.7 Å². The number of rotatable bonds is 5. The number of aromatic carboxylic acids is 1. The lowest BCUT2D eigenvalue weighted by molar-refractivity contribution is 0.0697. The number of carboxylic acid groups (broad SMARTS) is 1. The van der Waals surface area contributed by atoms with Crippen molar-refractivity contribution in [3.05, 3.63) is 35.4 Å². The summed E-state index contributed by atoms with van der Waals surface area (Å²) in [5.74, 6) is 0.832. The van der Waals surface area contributed by atoms with Crippen LogP contribution in [0.15, 0.2) is 24.3 Å². The molecule has 1 aliphatic rings. The molecular weight excluding hydrogens is 258 g/mol. The van der Waals surface area contributed by atoms with Gasteiger partial charge in [0.05, 0.1) is 5.56 Å². The molecule has 0 aliphatic carbocycles. The normalized spacial score (nSPS) is 18.2. The maximum Gasteiger partial charge on any atom is 0.335 e. The fourth-order valence-corrected chi connectivity index (χ4v) is 3.65. The van der Waals surface area contributed by atoms with E-state index >= 15 is 0 Å². The topological polar surface area (TPSA) is 49.3 Å². The first-order valence-electron chi connectivity index (χ1n) is 6.81. The molecule has 0 radical (unpaired) electrons. The van der Waals surface area contributed by atoms with Crippen molar-refractivity contribution in [2.45, 2.75) is 30.8 Å². The van der Waals surface area contributed by atoms with Gasteiger partial charge in [-0.2, -0.15) is 11.8 Å². The molecule has 1 aliphatic heterocycles. The number of hydrogen-bond acceptors (Lipinski definition) is 3. The van der Waals surface area contributed by atoms with Crippen molar-refractivity contribution < 1.29 is 9.90 Å². The first kappa shape index (κ1) is 14.4. The molecule has 0 amide bonds. The van der Waals surface area contributed by atoms with Crippen LogP contribution in [0.1, 0.15) is 35.7 Å². The minimum Gasteiger partial charge on any atom is -0.478 e. The van der Waals surface area contributed by atoms with Gasteiger partial charge in [0, 0.05) is 11.0 Å². The molecule has 1 heterocycles. The molecule has 0 bridgehead atoms. The van der Waals surface area contributed by atoms with Gasteiger partial charge in [0.15, 0.2) is 0 Å². The fraction of sp³-hybridized carbons (Fsp3) is 0.533. The first-order chi connectivity index (χ1) is 9.16. The van der Waals surface area contributed by atoms with Crippen molar-refractivity contribution in [2.75, 3.05) is 13.1 Å². The van der Waals surface area contributed by atoms with Crippen LogP contribution in [-0.2, 0) is 5.75 Å². The maximum atomic E-state index is 10.9. The van der Waals surface area contributed by atoms with E-state index in [0.29, 0.717) is 10.8 Å². The fourth-order valence-electron chi connectivity index (χ4n) is 2.47. The average Bonchev–Trinajstić information content (AvgIpc) is 2.46. The molecule has 1 unspecified atom stereocenters. The number of nitrogens with one attached hydrogen (secondary N) is 1. The number of thioether (sulfide) groups is 1. The highest BCUT2D eigenvalue weighted by Gasteiger charge is 2.20. The number of carboxylic acids is 1. The summed E-state index contributed by atoms with van der Waals surface area (Å²) >= 11 is 1.94. The third-order valence-corrected chi connectivity index (χ3v) is 5.15. The molecule has 104 valence electrons. The van der Waals surface area contributed by atoms with E-state index in [1.54, 1.807) is 12.1 Å². The summed E-state index contributed by atoms with van der Waals surface area (Å²) in [4.78, 5) is 10.9. The summed E-state index contributed by atoms with van der Waals surface area (Å²) in [6.45, 7) is 4.55. The summed E-state index contributed by atoms with van der Waals surface area (Å²) in [7, 11) is 0. The van der Waals surface area contributed by atoms with Gasteiger partial charge < -0.3 is 10.4 Å². The second kappa shape index (κ2) is 6.96. The number of hydrogen-bond donors (Lipinski definition) is 2. The summed E-state index contributed by atoms with van der Waals surface area (Å²) in [6.07, 6.45) is 2.51. The zero-order valence-corrected chi connectivity index (χ0v) is 12.1. The van der Waals surface area contributed by atoms with Crippen LogP contribution in [0, 0.1) is 5.92 Å². The second-order valence-corrected chi connectivity index (χ2v) is 6.47. The predicted octanol–water partition coefficient (Wildman–Crippen LogP) is 3.01. The lowest BCUT2D eigenvalue weighted by Gasteiger charge is -2.27. The van der Waals surface area contributed by atoms with Crippen LogP contribution in [0.25, 0.3) is 0 Å². The Kier molecular flexibility index (Phi) is 5.28. The van der Waals surface area contributed by atoms with Crippen LogP contribution in [0.3, 0.4) is 0 Å². The van der Waals surface area contributed by atoms with Crippen molar-refractivity contribution in [2.24, 2.45) is 5.92 Å². The Morgan fingerprint density at radius 2 is 2.21 bits per heavy atom. The van der Waals surface area contributed by atoms with Crippen LogP contribution >= 0.6 is 11.8 Å². The zero-order valence-electron chi connectivity index (χ0n) is 11.3. The molecule has 2 N–H and O–H groups in total. The standard InChI is InChI=1S/C15H21NO2S/c1-11(13-5-7-16-8-6-13)19-10-12-3-2-4-14(9-12)15(17)18/h2-4,9,11,13,16H,5-8,10H2,1H3,(H,17,18). The minimum atomic E-state index is -0.849. The highest BCUT2D eigenvalue weighted by molar-refractivity contribution is 7.99. The molecule has 1 saturated heterocycles. The van der Waals surface area contributed by atoms with Gasteiger partial charge in [-0.3, -0.25) is 0 Å². The molecule has 1 atom stereocenters. The molecule has 4 heteroatoms. The number of carbonyl (C=O) groups is 1. The van der Waals surface area contributed by atoms with Crippen LogP contribution < -0.4 is 5.32 Å². The van der Waals surface area contributed by atoms with Crippen LogP contribution in [-0.4, -0.2) is 29.4 Å². The van der Waals surface area contributed by atoms with E-state index in [2.05, 4.69) is 12.2 Å². The smallest absolute Gasteiger partial charge is 0.335 e. The van der Waals surface area contributed by atoms with Crippen LogP contribution in [0.4, 0.5) is 0 Å². The van der Waals surface area contributed by atoms with Crippen LogP contribution in [0.2, 0.25) is 0 Å². The first-order valence-corrected chi connectivity index (χ1v) is 7.86. The van der Waals surface area contributed by atoms with Gasteiger partial charge in [0.25, 0.3) is 0 Å². The lowest BCUT2D eigenvalue weighted by Crippen LogP contribution is -2.31. The van der Waals surface area contributed by atoms with Gasteiger partial charge in [-0.1, -0.05) is 19.1 Å². The van der Waals surface area contributed by atoms with E-state index in [4.69, 9.17) is 5.11 Å². The molecule has 3 nitrogen and oxygen atoms in total. The largest absolute Gasteiger partial charge is 0.478 e. The van der Waals surface area contributed by atoms with Gasteiger partial charge in [-0.05, 0) is 49.5 Å². The molecule has 0 spiro atoms. The van der Waals surface area contributed by atoms with Gasteiger partial charge >= 0.3 is 5.97 Å². The van der Waals surface area contributed by atoms with Gasteiger partial charge in [0.2, 0.25) is 0 Å². The highest BCUT2D eigenvalue weighted by atomic mass is 32.2. The average molecular weight is 279 g/mol. The molecule has 0 saturated carbocycles. The maximum absolute atomic E-state index is 10.9. The summed E-state index contributed by atoms with van der Waals surface area (Å²) in [5, 5.41) is 13.0. The molecule has 19 heavy (non-hydrogen) atoms. The molecule has 2 rings (SSSR count). The van der Waals surface area contributed by atoms with E-state index in [0.717, 1.165) is 30.3 Å². The monoisotopic (exact) mass is 279 g/mol. The Morgan fingerprint density at radius 1 is 1.47 bits per heavy atom. The minimum absolute atomic E-state index is 0.382. The van der Waals surface area contributed by atoms with Gasteiger partial charge in [-0.15, -0.1) is 0 Å². The van der Waals surface area contributed by atoms with E-state index in [9.17, 15) is 4.79 Å². The van der Waals surface area contributed by atoms with Crippen molar-refractivity contribution in [1.29, 1.82) is 0 Å². The Hall–Kier alpha value is -1.00. The van der Waals surface area contributed by atoms with E-state index in [1.807, 2.05) is 23.9 Å². The molecule has 1 fully saturated rings. The van der Waals surface area contributed by atoms with Gasteiger partial charge in [0.1, 0.15) is 0 Å². The Balaban J connectivity index is 1.87. The lowest BCUT2D eigenvalue weighted by atomic mass is 9.95. The zero-order chi connectivity index (χ0) is 13.7. The Bertz CT molecular complexity index is 430. The summed E-state index contributed by atoms with van der Waals surface area (Å²) < 4.78 is 0. The van der Waals surface area contributed by atoms with Gasteiger partial charge in [-0.25, -0.2) is 4.79 Å². The Labute approximate surface area is 118 Å². The van der Waals surface area contributed by atoms with E-state index in [1.165, 1.54) is 12.8 Å². The highest BCUT2D eigenvalue weighted by Crippen LogP contribution is 2.28. The quantitative estimate of drug-likeness (QED) is 0.870. The molecule has 1 aromatic rings. The SMILES string of the molecule is CC(SCc1cccc(C(=O)O)c1)C1CCNCC1. The Morgan fingerprint density at radius 3 is 2.89 bits per heavy atom. The molecule has 0 aromatic heterocycles. The summed E-state index contributed by atoms with van der Waals surface area (Å²) in [5.41, 5.74) is 1.48. The third kappa shape index (κ3) is 4.25. The second-order valence-electron chi connectivity index (χ2n) is 5.11. The number of benzene rings is 1. The predicted molar refractivity (Wildman–Crippen MR) is 79.8 cm³/mol. The van der Waals surface area contributed by atoms with Crippen LogP contribution in [0.5, 0.6) is 0 Å². The number of piperidine rings is 1. The van der Waals surface area contributed by atoms with Crippen molar-refractivity contribution in [1.82, 2.24) is 5.32 Å².